The van der Waals surface area contributed by atoms with Crippen molar-refractivity contribution in [3.8, 4) is 6.07 Å². The predicted octanol–water partition coefficient (Wildman–Crippen LogP) is 2.63. The molecule has 9 heteroatoms. The van der Waals surface area contributed by atoms with Crippen molar-refractivity contribution in [2.24, 2.45) is 0 Å². The van der Waals surface area contributed by atoms with Crippen molar-refractivity contribution in [2.45, 2.75) is 19.0 Å². The largest absolute Gasteiger partial charge is 0.469 e. The smallest absolute Gasteiger partial charge is 0.433 e. The first-order valence-corrected chi connectivity index (χ1v) is 5.06. The number of carbonyl (C=O) groups excluding carboxylic acids is 1. The summed E-state index contributed by atoms with van der Waals surface area (Å²) in [6, 6.07) is 1.26. The van der Waals surface area contributed by atoms with E-state index in [0.29, 0.717) is 6.20 Å². The van der Waals surface area contributed by atoms with Crippen LogP contribution < -0.4 is 0 Å². The fourth-order valence-electron chi connectivity index (χ4n) is 1.50. The summed E-state index contributed by atoms with van der Waals surface area (Å²) < 4.78 is 67.6. The minimum Gasteiger partial charge on any atom is -0.469 e. The number of methoxy groups -OCH3 is 1. The molecule has 0 aliphatic rings. The van der Waals surface area contributed by atoms with Gasteiger partial charge in [-0.1, -0.05) is 0 Å². The molecule has 0 atom stereocenters. The van der Waals surface area contributed by atoms with Crippen LogP contribution in [0.5, 0.6) is 0 Å². The number of halogens is 5. The maximum absolute atomic E-state index is 12.8. The molecule has 0 aromatic carbocycles. The molecule has 1 aromatic heterocycles. The van der Waals surface area contributed by atoms with Crippen LogP contribution >= 0.6 is 0 Å². The van der Waals surface area contributed by atoms with Gasteiger partial charge in [0, 0.05) is 6.20 Å². The molecule has 0 unspecified atom stereocenters. The van der Waals surface area contributed by atoms with Crippen LogP contribution in [-0.2, 0) is 22.1 Å². The SMILES string of the molecule is COC(=O)Cc1cnc(C(F)(F)F)c(C(F)F)c1C#N. The molecule has 0 radical (unpaired) electrons. The zero-order valence-corrected chi connectivity index (χ0v) is 9.96. The average molecular weight is 294 g/mol. The number of hydrogen-bond donors (Lipinski definition) is 0. The Balaban J connectivity index is 3.51. The minimum absolute atomic E-state index is 0.345. The number of ether oxygens (including phenoxy) is 1. The molecule has 20 heavy (non-hydrogen) atoms. The highest BCUT2D eigenvalue weighted by Crippen LogP contribution is 2.37. The number of pyridine rings is 1. The normalized spacial score (nSPS) is 11.3. The van der Waals surface area contributed by atoms with Gasteiger partial charge in [0.2, 0.25) is 0 Å². The molecule has 0 spiro atoms. The lowest BCUT2D eigenvalue weighted by Crippen LogP contribution is -2.17. The Kier molecular flexibility index (Phi) is 4.60. The van der Waals surface area contributed by atoms with E-state index in [9.17, 15) is 26.7 Å². The van der Waals surface area contributed by atoms with Crippen molar-refractivity contribution in [3.63, 3.8) is 0 Å². The molecular formula is C11H7F5N2O2. The summed E-state index contributed by atoms with van der Waals surface area (Å²) in [5.74, 6) is -0.886. The van der Waals surface area contributed by atoms with Crippen LogP contribution in [0.2, 0.25) is 0 Å². The molecule has 0 N–H and O–H groups in total. The highest BCUT2D eigenvalue weighted by molar-refractivity contribution is 5.73. The lowest BCUT2D eigenvalue weighted by atomic mass is 10.00. The van der Waals surface area contributed by atoms with Crippen LogP contribution in [0, 0.1) is 11.3 Å². The lowest BCUT2D eigenvalue weighted by molar-refractivity contribution is -0.143. The Hall–Kier alpha value is -2.24. The van der Waals surface area contributed by atoms with Gasteiger partial charge in [0.1, 0.15) is 6.07 Å². The Morgan fingerprint density at radius 1 is 1.50 bits per heavy atom. The molecule has 0 saturated carbocycles. The highest BCUT2D eigenvalue weighted by Gasteiger charge is 2.40. The molecule has 1 aromatic rings. The molecule has 0 aliphatic heterocycles. The molecule has 0 amide bonds. The van der Waals surface area contributed by atoms with Crippen LogP contribution in [0.3, 0.4) is 0 Å². The second-order valence-corrected chi connectivity index (χ2v) is 3.58. The van der Waals surface area contributed by atoms with Gasteiger partial charge in [-0.15, -0.1) is 0 Å². The van der Waals surface area contributed by atoms with Crippen LogP contribution in [0.15, 0.2) is 6.20 Å². The summed E-state index contributed by atoms with van der Waals surface area (Å²) in [6.45, 7) is 0. The third-order valence-corrected chi connectivity index (χ3v) is 2.36. The first kappa shape index (κ1) is 15.8. The summed E-state index contributed by atoms with van der Waals surface area (Å²) in [4.78, 5) is 13.9. The highest BCUT2D eigenvalue weighted by atomic mass is 19.4. The summed E-state index contributed by atoms with van der Waals surface area (Å²) in [5.41, 5.74) is -4.62. The zero-order valence-electron chi connectivity index (χ0n) is 9.96. The molecule has 0 bridgehead atoms. The van der Waals surface area contributed by atoms with Gasteiger partial charge >= 0.3 is 12.1 Å². The van der Waals surface area contributed by atoms with Crippen molar-refractivity contribution in [2.75, 3.05) is 7.11 Å². The van der Waals surface area contributed by atoms with E-state index < -0.39 is 41.8 Å². The number of nitriles is 1. The Labute approximate surface area is 109 Å². The van der Waals surface area contributed by atoms with Crippen LogP contribution in [0.4, 0.5) is 22.0 Å². The molecular weight excluding hydrogens is 287 g/mol. The van der Waals surface area contributed by atoms with Crippen LogP contribution in [0.1, 0.15) is 28.8 Å². The van der Waals surface area contributed by atoms with Crippen molar-refractivity contribution < 1.29 is 31.5 Å². The standard InChI is InChI=1S/C11H7F5N2O2/c1-20-7(19)2-5-4-18-9(11(14,15)16)8(10(12)13)6(5)3-17/h4,10H,2H2,1H3. The number of carbonyl (C=O) groups is 1. The number of hydrogen-bond acceptors (Lipinski definition) is 4. The van der Waals surface area contributed by atoms with Gasteiger partial charge < -0.3 is 4.74 Å². The minimum atomic E-state index is -5.12. The van der Waals surface area contributed by atoms with Gasteiger partial charge in [-0.2, -0.15) is 18.4 Å². The van der Waals surface area contributed by atoms with Crippen molar-refractivity contribution in [3.05, 3.63) is 28.6 Å². The molecule has 0 saturated heterocycles. The fraction of sp³-hybridized carbons (Fsp3) is 0.364. The van der Waals surface area contributed by atoms with E-state index in [2.05, 4.69) is 9.72 Å². The first-order chi connectivity index (χ1) is 9.22. The van der Waals surface area contributed by atoms with Crippen molar-refractivity contribution in [1.82, 2.24) is 4.98 Å². The fourth-order valence-corrected chi connectivity index (χ4v) is 1.50. The van der Waals surface area contributed by atoms with Crippen molar-refractivity contribution in [1.29, 1.82) is 5.26 Å². The van der Waals surface area contributed by atoms with E-state index in [4.69, 9.17) is 5.26 Å². The maximum Gasteiger partial charge on any atom is 0.433 e. The number of nitrogens with zero attached hydrogens (tertiary/aromatic N) is 2. The molecule has 0 aliphatic carbocycles. The monoisotopic (exact) mass is 294 g/mol. The summed E-state index contributed by atoms with van der Waals surface area (Å²) in [5, 5.41) is 8.79. The summed E-state index contributed by atoms with van der Waals surface area (Å²) in [7, 11) is 1.01. The second kappa shape index (κ2) is 5.81. The topological polar surface area (TPSA) is 63.0 Å². The van der Waals surface area contributed by atoms with E-state index in [0.717, 1.165) is 7.11 Å². The summed E-state index contributed by atoms with van der Waals surface area (Å²) in [6.07, 6.45) is -8.72. The lowest BCUT2D eigenvalue weighted by Gasteiger charge is -2.14. The van der Waals surface area contributed by atoms with E-state index in [1.165, 1.54) is 6.07 Å². The third-order valence-electron chi connectivity index (χ3n) is 2.36. The maximum atomic E-state index is 12.8. The van der Waals surface area contributed by atoms with Gasteiger partial charge in [-0.05, 0) is 5.56 Å². The van der Waals surface area contributed by atoms with E-state index >= 15 is 0 Å². The third kappa shape index (κ3) is 3.20. The predicted molar refractivity (Wildman–Crippen MR) is 54.6 cm³/mol. The second-order valence-electron chi connectivity index (χ2n) is 3.58. The molecule has 108 valence electrons. The first-order valence-electron chi connectivity index (χ1n) is 5.06. The van der Waals surface area contributed by atoms with Gasteiger partial charge in [0.05, 0.1) is 24.7 Å². The van der Waals surface area contributed by atoms with Gasteiger partial charge in [0.25, 0.3) is 6.43 Å². The molecule has 4 nitrogen and oxygen atoms in total. The number of rotatable bonds is 3. The number of aromatic nitrogens is 1. The zero-order chi connectivity index (χ0) is 15.5. The van der Waals surface area contributed by atoms with E-state index in [1.54, 1.807) is 0 Å². The molecule has 0 fully saturated rings. The number of alkyl halides is 5. The van der Waals surface area contributed by atoms with Crippen LogP contribution in [-0.4, -0.2) is 18.1 Å². The average Bonchev–Trinajstić information content (AvgIpc) is 2.36. The number of esters is 1. The van der Waals surface area contributed by atoms with Gasteiger partial charge in [-0.25, -0.2) is 8.78 Å². The molecule has 1 rings (SSSR count). The Morgan fingerprint density at radius 2 is 2.10 bits per heavy atom. The van der Waals surface area contributed by atoms with E-state index in [1.807, 2.05) is 0 Å². The summed E-state index contributed by atoms with van der Waals surface area (Å²) >= 11 is 0. The Morgan fingerprint density at radius 3 is 2.50 bits per heavy atom. The Bertz CT molecular complexity index is 563. The van der Waals surface area contributed by atoms with Crippen molar-refractivity contribution >= 4 is 5.97 Å². The van der Waals surface area contributed by atoms with E-state index in [-0.39, 0.29) is 5.56 Å². The van der Waals surface area contributed by atoms with Gasteiger partial charge in [0.15, 0.2) is 5.69 Å². The quantitative estimate of drug-likeness (QED) is 0.635. The van der Waals surface area contributed by atoms with Crippen LogP contribution in [0.25, 0.3) is 0 Å². The molecule has 1 heterocycles. The van der Waals surface area contributed by atoms with Gasteiger partial charge in [-0.3, -0.25) is 9.78 Å².